The topological polar surface area (TPSA) is 101 Å². The summed E-state index contributed by atoms with van der Waals surface area (Å²) in [6.07, 6.45) is 2.70. The number of rotatable bonds is 7. The van der Waals surface area contributed by atoms with Crippen LogP contribution >= 0.6 is 11.8 Å². The highest BCUT2D eigenvalue weighted by Crippen LogP contribution is 2.24. The van der Waals surface area contributed by atoms with Crippen LogP contribution < -0.4 is 5.32 Å². The zero-order valence-electron chi connectivity index (χ0n) is 15.1. The molecule has 3 aromatic rings. The summed E-state index contributed by atoms with van der Waals surface area (Å²) in [5.41, 5.74) is 2.33. The van der Waals surface area contributed by atoms with Gasteiger partial charge in [-0.3, -0.25) is 14.9 Å². The van der Waals surface area contributed by atoms with Crippen LogP contribution in [-0.2, 0) is 0 Å². The lowest BCUT2D eigenvalue weighted by atomic mass is 10.1. The first-order chi connectivity index (χ1) is 13.0. The maximum atomic E-state index is 12.8. The molecule has 0 spiro atoms. The number of nitro groups is 1. The number of amides is 1. The first-order valence-corrected chi connectivity index (χ1v) is 9.89. The molecule has 1 heterocycles. The number of H-pyrrole nitrogens is 1. The molecule has 2 N–H and O–H groups in total. The molecular formula is C19H20N4O3S. The number of hydrogen-bond donors (Lipinski definition) is 2. The van der Waals surface area contributed by atoms with Gasteiger partial charge in [0.1, 0.15) is 5.82 Å². The van der Waals surface area contributed by atoms with Crippen LogP contribution in [0, 0.1) is 17.0 Å². The second-order valence-electron chi connectivity index (χ2n) is 6.15. The molecule has 0 saturated carbocycles. The highest BCUT2D eigenvalue weighted by Gasteiger charge is 2.22. The molecular weight excluding hydrogens is 364 g/mol. The summed E-state index contributed by atoms with van der Waals surface area (Å²) in [4.78, 5) is 31.3. The van der Waals surface area contributed by atoms with Crippen molar-refractivity contribution < 1.29 is 9.72 Å². The summed E-state index contributed by atoms with van der Waals surface area (Å²) in [5, 5.41) is 14.1. The minimum absolute atomic E-state index is 0.0629. The Bertz CT molecular complexity index is 953. The molecule has 7 nitrogen and oxygen atoms in total. The molecule has 1 aromatic heterocycles. The number of hydrogen-bond acceptors (Lipinski definition) is 5. The second kappa shape index (κ2) is 8.22. The third-order valence-corrected chi connectivity index (χ3v) is 5.04. The molecule has 1 atom stereocenters. The Morgan fingerprint density at radius 3 is 2.78 bits per heavy atom. The largest absolute Gasteiger partial charge is 0.342 e. The smallest absolute Gasteiger partial charge is 0.273 e. The van der Waals surface area contributed by atoms with Gasteiger partial charge in [-0.05, 0) is 43.6 Å². The summed E-state index contributed by atoms with van der Waals surface area (Å²) in [7, 11) is 0. The number of aromatic amines is 1. The average molecular weight is 384 g/mol. The van der Waals surface area contributed by atoms with Gasteiger partial charge in [-0.25, -0.2) is 4.98 Å². The van der Waals surface area contributed by atoms with Crippen LogP contribution in [0.2, 0.25) is 0 Å². The third kappa shape index (κ3) is 4.11. The number of fused-ring (bicyclic) bond motifs is 1. The van der Waals surface area contributed by atoms with Crippen molar-refractivity contribution in [2.24, 2.45) is 0 Å². The Morgan fingerprint density at radius 1 is 1.30 bits per heavy atom. The number of aromatic nitrogens is 2. The maximum absolute atomic E-state index is 12.8. The van der Waals surface area contributed by atoms with E-state index in [1.165, 1.54) is 12.1 Å². The molecule has 2 aromatic carbocycles. The molecule has 3 rings (SSSR count). The van der Waals surface area contributed by atoms with Crippen LogP contribution in [0.15, 0.2) is 42.5 Å². The van der Waals surface area contributed by atoms with Crippen molar-refractivity contribution in [2.45, 2.75) is 19.4 Å². The first kappa shape index (κ1) is 18.9. The van der Waals surface area contributed by atoms with Gasteiger partial charge >= 0.3 is 0 Å². The predicted octanol–water partition coefficient (Wildman–Crippen LogP) is 4.00. The fraction of sp³-hybridized carbons (Fsp3) is 0.263. The van der Waals surface area contributed by atoms with Crippen LogP contribution in [-0.4, -0.2) is 32.8 Å². The van der Waals surface area contributed by atoms with Gasteiger partial charge in [0.2, 0.25) is 0 Å². The Labute approximate surface area is 160 Å². The Hall–Kier alpha value is -2.87. The van der Waals surface area contributed by atoms with Crippen molar-refractivity contribution in [3.05, 3.63) is 69.5 Å². The Balaban J connectivity index is 1.89. The zero-order chi connectivity index (χ0) is 19.4. The van der Waals surface area contributed by atoms with Crippen molar-refractivity contribution >= 4 is 34.4 Å². The summed E-state index contributed by atoms with van der Waals surface area (Å²) >= 11 is 1.68. The van der Waals surface area contributed by atoms with Crippen LogP contribution in [0.1, 0.15) is 34.2 Å². The minimum atomic E-state index is -0.476. The van der Waals surface area contributed by atoms with E-state index in [4.69, 9.17) is 0 Å². The van der Waals surface area contributed by atoms with E-state index in [0.717, 1.165) is 16.8 Å². The number of benzene rings is 2. The van der Waals surface area contributed by atoms with Crippen molar-refractivity contribution in [2.75, 3.05) is 12.0 Å². The second-order valence-corrected chi connectivity index (χ2v) is 7.14. The van der Waals surface area contributed by atoms with E-state index < -0.39 is 4.92 Å². The van der Waals surface area contributed by atoms with Crippen molar-refractivity contribution in [3.8, 4) is 0 Å². The van der Waals surface area contributed by atoms with Gasteiger partial charge in [-0.1, -0.05) is 18.2 Å². The molecule has 0 aliphatic heterocycles. The molecule has 0 bridgehead atoms. The van der Waals surface area contributed by atoms with Gasteiger partial charge in [-0.2, -0.15) is 11.8 Å². The van der Waals surface area contributed by atoms with Crippen molar-refractivity contribution in [3.63, 3.8) is 0 Å². The van der Waals surface area contributed by atoms with Crippen LogP contribution in [0.3, 0.4) is 0 Å². The number of nitro benzene ring substituents is 1. The van der Waals surface area contributed by atoms with E-state index in [2.05, 4.69) is 15.3 Å². The Kier molecular flexibility index (Phi) is 5.75. The highest BCUT2D eigenvalue weighted by molar-refractivity contribution is 7.98. The molecule has 0 radical (unpaired) electrons. The number of thioether (sulfide) groups is 1. The van der Waals surface area contributed by atoms with Crippen LogP contribution in [0.4, 0.5) is 5.69 Å². The fourth-order valence-corrected chi connectivity index (χ4v) is 3.43. The van der Waals surface area contributed by atoms with Gasteiger partial charge in [0.25, 0.3) is 11.6 Å². The lowest BCUT2D eigenvalue weighted by Gasteiger charge is -2.17. The molecule has 0 aliphatic rings. The van der Waals surface area contributed by atoms with E-state index in [0.29, 0.717) is 23.4 Å². The van der Waals surface area contributed by atoms with Gasteiger partial charge in [0.05, 0.1) is 22.0 Å². The monoisotopic (exact) mass is 384 g/mol. The van der Waals surface area contributed by atoms with Gasteiger partial charge in [-0.15, -0.1) is 0 Å². The minimum Gasteiger partial charge on any atom is -0.342 e. The first-order valence-electron chi connectivity index (χ1n) is 8.49. The zero-order valence-corrected chi connectivity index (χ0v) is 15.9. The highest BCUT2D eigenvalue weighted by atomic mass is 32.2. The van der Waals surface area contributed by atoms with Crippen molar-refractivity contribution in [1.29, 1.82) is 0 Å². The summed E-state index contributed by atoms with van der Waals surface area (Å²) in [6, 6.07) is 11.9. The van der Waals surface area contributed by atoms with E-state index in [1.54, 1.807) is 24.8 Å². The lowest BCUT2D eigenvalue weighted by Crippen LogP contribution is -2.30. The average Bonchev–Trinajstić information content (AvgIpc) is 3.08. The van der Waals surface area contributed by atoms with E-state index in [1.807, 2.05) is 30.5 Å². The fourth-order valence-electron chi connectivity index (χ4n) is 2.95. The van der Waals surface area contributed by atoms with Gasteiger partial charge in [0, 0.05) is 17.2 Å². The Morgan fingerprint density at radius 2 is 2.07 bits per heavy atom. The van der Waals surface area contributed by atoms with E-state index >= 15 is 0 Å². The summed E-state index contributed by atoms with van der Waals surface area (Å²) < 4.78 is 0. The third-order valence-electron chi connectivity index (χ3n) is 4.40. The molecule has 27 heavy (non-hydrogen) atoms. The molecule has 8 heteroatoms. The maximum Gasteiger partial charge on any atom is 0.273 e. The number of imidazole rings is 1. The van der Waals surface area contributed by atoms with Crippen LogP contribution in [0.25, 0.3) is 11.0 Å². The molecule has 0 fully saturated rings. The van der Waals surface area contributed by atoms with Gasteiger partial charge < -0.3 is 10.3 Å². The number of carbonyl (C=O) groups excluding carboxylic acids is 1. The number of carbonyl (C=O) groups is 1. The van der Waals surface area contributed by atoms with Crippen molar-refractivity contribution in [1.82, 2.24) is 15.3 Å². The molecule has 1 amide bonds. The lowest BCUT2D eigenvalue weighted by molar-refractivity contribution is -0.385. The molecule has 140 valence electrons. The number of para-hydroxylation sites is 2. The number of nitrogens with zero attached hydrogens (tertiary/aromatic N) is 2. The normalized spacial score (nSPS) is 12.1. The SMILES string of the molecule is CSCC[C@H](NC(=O)c1cccc([N+](=O)[O-])c1C)c1nc2ccccc2[nH]1. The molecule has 0 unspecified atom stereocenters. The quantitative estimate of drug-likeness (QED) is 0.473. The standard InChI is InChI=1S/C19H20N4O3S/c1-12-13(6-5-9-17(12)23(25)26)19(24)22-16(10-11-27-2)18-20-14-7-3-4-8-15(14)21-18/h3-9,16H,10-11H2,1-2H3,(H,20,21)(H,22,24)/t16-/m0/s1. The summed E-state index contributed by atoms with van der Waals surface area (Å²) in [6.45, 7) is 1.59. The van der Waals surface area contributed by atoms with E-state index in [9.17, 15) is 14.9 Å². The molecule has 0 aliphatic carbocycles. The molecule has 0 saturated heterocycles. The van der Waals surface area contributed by atoms with Gasteiger partial charge in [0.15, 0.2) is 0 Å². The van der Waals surface area contributed by atoms with Crippen LogP contribution in [0.5, 0.6) is 0 Å². The predicted molar refractivity (Wildman–Crippen MR) is 107 cm³/mol. The number of nitrogens with one attached hydrogen (secondary N) is 2. The summed E-state index contributed by atoms with van der Waals surface area (Å²) in [5.74, 6) is 1.18. The van der Waals surface area contributed by atoms with E-state index in [-0.39, 0.29) is 17.6 Å².